The Kier molecular flexibility index (Phi) is 4.23. The quantitative estimate of drug-likeness (QED) is 0.642. The van der Waals surface area contributed by atoms with Crippen molar-refractivity contribution < 1.29 is 4.79 Å². The number of hydrogen-bond acceptors (Lipinski definition) is 3. The SMILES string of the molecule is CCC(CC(N)=S)NC(=O)c1ccn[nH]1. The maximum Gasteiger partial charge on any atom is 0.269 e. The first-order valence-corrected chi connectivity index (χ1v) is 5.12. The van der Waals surface area contributed by atoms with Crippen LogP contribution >= 0.6 is 12.2 Å². The van der Waals surface area contributed by atoms with Crippen molar-refractivity contribution in [1.29, 1.82) is 0 Å². The van der Waals surface area contributed by atoms with Crippen molar-refractivity contribution in [2.75, 3.05) is 0 Å². The smallest absolute Gasteiger partial charge is 0.269 e. The molecule has 0 aliphatic heterocycles. The molecule has 6 heteroatoms. The molecule has 0 spiro atoms. The largest absolute Gasteiger partial charge is 0.393 e. The summed E-state index contributed by atoms with van der Waals surface area (Å²) in [7, 11) is 0. The van der Waals surface area contributed by atoms with E-state index in [0.717, 1.165) is 6.42 Å². The lowest BCUT2D eigenvalue weighted by Crippen LogP contribution is -2.37. The fourth-order valence-electron chi connectivity index (χ4n) is 1.19. The van der Waals surface area contributed by atoms with E-state index in [9.17, 15) is 4.79 Å². The summed E-state index contributed by atoms with van der Waals surface area (Å²) in [6.45, 7) is 1.97. The van der Waals surface area contributed by atoms with E-state index in [2.05, 4.69) is 15.5 Å². The molecule has 1 heterocycles. The summed E-state index contributed by atoms with van der Waals surface area (Å²) in [5.74, 6) is -0.185. The van der Waals surface area contributed by atoms with E-state index in [1.54, 1.807) is 6.07 Å². The summed E-state index contributed by atoms with van der Waals surface area (Å²) >= 11 is 4.80. The molecule has 4 N–H and O–H groups in total. The van der Waals surface area contributed by atoms with E-state index in [4.69, 9.17) is 18.0 Å². The molecule has 0 aliphatic carbocycles. The Morgan fingerprint density at radius 3 is 3.00 bits per heavy atom. The van der Waals surface area contributed by atoms with Crippen molar-refractivity contribution in [3.8, 4) is 0 Å². The number of nitrogens with one attached hydrogen (secondary N) is 2. The molecule has 0 aromatic carbocycles. The number of amides is 1. The van der Waals surface area contributed by atoms with E-state index in [1.807, 2.05) is 6.92 Å². The molecule has 1 aromatic heterocycles. The van der Waals surface area contributed by atoms with Crippen molar-refractivity contribution in [3.63, 3.8) is 0 Å². The molecule has 0 saturated heterocycles. The van der Waals surface area contributed by atoms with Crippen LogP contribution in [0.5, 0.6) is 0 Å². The van der Waals surface area contributed by atoms with E-state index in [1.165, 1.54) is 6.20 Å². The number of thiocarbonyl (C=S) groups is 1. The van der Waals surface area contributed by atoms with Crippen LogP contribution in [0.15, 0.2) is 12.3 Å². The average molecular weight is 226 g/mol. The van der Waals surface area contributed by atoms with Crippen LogP contribution in [0.4, 0.5) is 0 Å². The Hall–Kier alpha value is -1.43. The zero-order valence-electron chi connectivity index (χ0n) is 8.49. The summed E-state index contributed by atoms with van der Waals surface area (Å²) in [4.78, 5) is 12.0. The van der Waals surface area contributed by atoms with Gasteiger partial charge in [0.1, 0.15) is 5.69 Å². The van der Waals surface area contributed by atoms with Gasteiger partial charge in [-0.2, -0.15) is 5.10 Å². The van der Waals surface area contributed by atoms with Crippen molar-refractivity contribution in [3.05, 3.63) is 18.0 Å². The first-order chi connectivity index (χ1) is 7.13. The van der Waals surface area contributed by atoms with Crippen LogP contribution in [-0.4, -0.2) is 27.1 Å². The molecule has 1 aromatic rings. The molecule has 0 radical (unpaired) electrons. The number of aromatic amines is 1. The van der Waals surface area contributed by atoms with Crippen molar-refractivity contribution >= 4 is 23.1 Å². The van der Waals surface area contributed by atoms with E-state index < -0.39 is 0 Å². The monoisotopic (exact) mass is 226 g/mol. The van der Waals surface area contributed by atoms with Crippen molar-refractivity contribution in [2.45, 2.75) is 25.8 Å². The first-order valence-electron chi connectivity index (χ1n) is 4.72. The molecule has 5 nitrogen and oxygen atoms in total. The van der Waals surface area contributed by atoms with Gasteiger partial charge in [0.15, 0.2) is 0 Å². The van der Waals surface area contributed by atoms with Crippen molar-refractivity contribution in [2.24, 2.45) is 5.73 Å². The fourth-order valence-corrected chi connectivity index (χ4v) is 1.39. The minimum Gasteiger partial charge on any atom is -0.393 e. The predicted octanol–water partition coefficient (Wildman–Crippen LogP) is 0.594. The molecule has 0 saturated carbocycles. The normalized spacial score (nSPS) is 12.1. The first kappa shape index (κ1) is 11.6. The fraction of sp³-hybridized carbons (Fsp3) is 0.444. The Bertz CT molecular complexity index is 336. The average Bonchev–Trinajstić information content (AvgIpc) is 2.68. The summed E-state index contributed by atoms with van der Waals surface area (Å²) in [5.41, 5.74) is 5.86. The molecule has 1 unspecified atom stereocenters. The summed E-state index contributed by atoms with van der Waals surface area (Å²) in [5, 5.41) is 9.12. The third-order valence-electron chi connectivity index (χ3n) is 2.02. The van der Waals surface area contributed by atoms with E-state index in [0.29, 0.717) is 17.1 Å². The van der Waals surface area contributed by atoms with Gasteiger partial charge in [0.2, 0.25) is 0 Å². The van der Waals surface area contributed by atoms with Gasteiger partial charge in [-0.1, -0.05) is 19.1 Å². The number of carbonyl (C=O) groups is 1. The molecule has 1 amide bonds. The highest BCUT2D eigenvalue weighted by molar-refractivity contribution is 7.80. The van der Waals surface area contributed by atoms with Gasteiger partial charge in [0.25, 0.3) is 5.91 Å². The predicted molar refractivity (Wildman–Crippen MR) is 61.5 cm³/mol. The number of aromatic nitrogens is 2. The van der Waals surface area contributed by atoms with Gasteiger partial charge in [-0.25, -0.2) is 0 Å². The molecular weight excluding hydrogens is 212 g/mol. The third kappa shape index (κ3) is 3.67. The Balaban J connectivity index is 2.52. The zero-order valence-corrected chi connectivity index (χ0v) is 9.30. The molecular formula is C9H14N4OS. The second-order valence-electron chi connectivity index (χ2n) is 3.22. The van der Waals surface area contributed by atoms with Gasteiger partial charge < -0.3 is 11.1 Å². The summed E-state index contributed by atoms with van der Waals surface area (Å²) in [6.07, 6.45) is 2.84. The molecule has 0 bridgehead atoms. The van der Waals surface area contributed by atoms with Gasteiger partial charge in [-0.3, -0.25) is 9.89 Å². The topological polar surface area (TPSA) is 83.8 Å². The highest BCUT2D eigenvalue weighted by atomic mass is 32.1. The third-order valence-corrected chi connectivity index (χ3v) is 2.19. The number of carbonyl (C=O) groups excluding carboxylic acids is 1. The second kappa shape index (κ2) is 5.45. The lowest BCUT2D eigenvalue weighted by Gasteiger charge is -2.15. The van der Waals surface area contributed by atoms with Gasteiger partial charge in [-0.15, -0.1) is 0 Å². The van der Waals surface area contributed by atoms with Gasteiger partial charge >= 0.3 is 0 Å². The molecule has 1 rings (SSSR count). The van der Waals surface area contributed by atoms with Crippen LogP contribution in [0.3, 0.4) is 0 Å². The minimum absolute atomic E-state index is 0.0155. The highest BCUT2D eigenvalue weighted by Gasteiger charge is 2.13. The van der Waals surface area contributed by atoms with E-state index in [-0.39, 0.29) is 11.9 Å². The maximum absolute atomic E-state index is 11.6. The number of nitrogens with two attached hydrogens (primary N) is 1. The van der Waals surface area contributed by atoms with Crippen LogP contribution in [-0.2, 0) is 0 Å². The summed E-state index contributed by atoms with van der Waals surface area (Å²) < 4.78 is 0. The Morgan fingerprint density at radius 1 is 1.80 bits per heavy atom. The van der Waals surface area contributed by atoms with Crippen LogP contribution in [0, 0.1) is 0 Å². The molecule has 0 fully saturated rings. The van der Waals surface area contributed by atoms with Gasteiger partial charge in [0, 0.05) is 18.7 Å². The maximum atomic E-state index is 11.6. The van der Waals surface area contributed by atoms with Crippen LogP contribution < -0.4 is 11.1 Å². The second-order valence-corrected chi connectivity index (χ2v) is 3.74. The minimum atomic E-state index is -0.185. The number of hydrogen-bond donors (Lipinski definition) is 3. The Morgan fingerprint density at radius 2 is 2.53 bits per heavy atom. The molecule has 15 heavy (non-hydrogen) atoms. The molecule has 82 valence electrons. The standard InChI is InChI=1S/C9H14N4OS/c1-2-6(5-8(10)15)12-9(14)7-3-4-11-13-7/h3-4,6H,2,5H2,1H3,(H2,10,15)(H,11,13)(H,12,14). The van der Waals surface area contributed by atoms with Crippen LogP contribution in [0.25, 0.3) is 0 Å². The summed E-state index contributed by atoms with van der Waals surface area (Å²) in [6, 6.07) is 1.60. The zero-order chi connectivity index (χ0) is 11.3. The van der Waals surface area contributed by atoms with E-state index >= 15 is 0 Å². The number of rotatable bonds is 5. The van der Waals surface area contributed by atoms with Crippen LogP contribution in [0.1, 0.15) is 30.3 Å². The lowest BCUT2D eigenvalue weighted by molar-refractivity contribution is 0.0932. The lowest BCUT2D eigenvalue weighted by atomic mass is 10.1. The number of nitrogens with zero attached hydrogens (tertiary/aromatic N) is 1. The van der Waals surface area contributed by atoms with Gasteiger partial charge in [0.05, 0.1) is 4.99 Å². The molecule has 1 atom stereocenters. The highest BCUT2D eigenvalue weighted by Crippen LogP contribution is 2.00. The Labute approximate surface area is 93.4 Å². The molecule has 0 aliphatic rings. The van der Waals surface area contributed by atoms with Crippen LogP contribution in [0.2, 0.25) is 0 Å². The number of H-pyrrole nitrogens is 1. The van der Waals surface area contributed by atoms with Gasteiger partial charge in [-0.05, 0) is 12.5 Å². The van der Waals surface area contributed by atoms with Crippen molar-refractivity contribution in [1.82, 2.24) is 15.5 Å².